The van der Waals surface area contributed by atoms with Crippen LogP contribution in [-0.2, 0) is 9.59 Å². The molecule has 0 bridgehead atoms. The minimum absolute atomic E-state index is 0.0764. The molecule has 1 heterocycles. The molecule has 1 aliphatic heterocycles. The molecular formula is C20H21NO4. The quantitative estimate of drug-likeness (QED) is 0.634. The third kappa shape index (κ3) is 3.82. The maximum absolute atomic E-state index is 12.4. The number of amides is 1. The molecule has 0 spiro atoms. The van der Waals surface area contributed by atoms with Gasteiger partial charge in [0.25, 0.3) is 0 Å². The minimum atomic E-state index is -0.463. The summed E-state index contributed by atoms with van der Waals surface area (Å²) < 4.78 is 10.6. The summed E-state index contributed by atoms with van der Waals surface area (Å²) in [5, 5.41) is 0. The number of rotatable bonds is 4. The molecule has 0 radical (unpaired) electrons. The van der Waals surface area contributed by atoms with Gasteiger partial charge >= 0.3 is 5.97 Å². The molecule has 0 saturated carbocycles. The first-order valence-corrected chi connectivity index (χ1v) is 8.20. The molecular weight excluding hydrogens is 318 g/mol. The Hall–Kier alpha value is -2.82. The van der Waals surface area contributed by atoms with Gasteiger partial charge in [-0.2, -0.15) is 0 Å². The molecule has 1 fully saturated rings. The zero-order chi connectivity index (χ0) is 18.0. The SMILES string of the molecule is COc1ccc(N2C[C@H](C(=O)Oc3cc(C)cc(C)c3)CC2=O)cc1. The van der Waals surface area contributed by atoms with E-state index in [0.717, 1.165) is 22.6 Å². The molecule has 0 aromatic heterocycles. The van der Waals surface area contributed by atoms with E-state index in [9.17, 15) is 9.59 Å². The van der Waals surface area contributed by atoms with Crippen LogP contribution < -0.4 is 14.4 Å². The molecule has 2 aromatic carbocycles. The number of hydrogen-bond donors (Lipinski definition) is 0. The molecule has 5 heteroatoms. The summed E-state index contributed by atoms with van der Waals surface area (Å²) in [6.07, 6.45) is 0.162. The fourth-order valence-corrected chi connectivity index (χ4v) is 3.07. The molecule has 2 aromatic rings. The number of esters is 1. The predicted molar refractivity (Wildman–Crippen MR) is 95.0 cm³/mol. The van der Waals surface area contributed by atoms with Crippen LogP contribution in [-0.4, -0.2) is 25.5 Å². The lowest BCUT2D eigenvalue weighted by molar-refractivity contribution is -0.139. The molecule has 0 unspecified atom stereocenters. The van der Waals surface area contributed by atoms with Crippen molar-refractivity contribution in [3.8, 4) is 11.5 Å². The average Bonchev–Trinajstić information content (AvgIpc) is 2.96. The van der Waals surface area contributed by atoms with E-state index in [1.165, 1.54) is 0 Å². The van der Waals surface area contributed by atoms with Gasteiger partial charge in [0.2, 0.25) is 5.91 Å². The Labute approximate surface area is 147 Å². The Kier molecular flexibility index (Phi) is 4.74. The molecule has 3 rings (SSSR count). The normalized spacial score (nSPS) is 16.8. The van der Waals surface area contributed by atoms with E-state index in [2.05, 4.69) is 0 Å². The van der Waals surface area contributed by atoms with Crippen molar-refractivity contribution in [1.29, 1.82) is 0 Å². The standard InChI is InChI=1S/C20H21NO4/c1-13-8-14(2)10-18(9-13)25-20(23)15-11-19(22)21(12-15)16-4-6-17(24-3)7-5-16/h4-10,15H,11-12H2,1-3H3/t15-/m1/s1. The fraction of sp³-hybridized carbons (Fsp3) is 0.300. The van der Waals surface area contributed by atoms with Crippen LogP contribution in [0.3, 0.4) is 0 Å². The van der Waals surface area contributed by atoms with Crippen molar-refractivity contribution < 1.29 is 19.1 Å². The van der Waals surface area contributed by atoms with E-state index in [-0.39, 0.29) is 18.3 Å². The highest BCUT2D eigenvalue weighted by Crippen LogP contribution is 2.28. The van der Waals surface area contributed by atoms with Gasteiger partial charge in [-0.15, -0.1) is 0 Å². The van der Waals surface area contributed by atoms with Crippen LogP contribution in [0.25, 0.3) is 0 Å². The van der Waals surface area contributed by atoms with Gasteiger partial charge in [0, 0.05) is 18.7 Å². The number of carbonyl (C=O) groups is 2. The third-order valence-electron chi connectivity index (χ3n) is 4.26. The summed E-state index contributed by atoms with van der Waals surface area (Å²) in [6.45, 7) is 4.23. The second kappa shape index (κ2) is 6.97. The van der Waals surface area contributed by atoms with Crippen LogP contribution in [0.5, 0.6) is 11.5 Å². The first-order valence-electron chi connectivity index (χ1n) is 8.20. The second-order valence-corrected chi connectivity index (χ2v) is 6.35. The summed E-state index contributed by atoms with van der Waals surface area (Å²) in [5.41, 5.74) is 2.82. The van der Waals surface area contributed by atoms with Gasteiger partial charge < -0.3 is 14.4 Å². The number of methoxy groups -OCH3 is 1. The maximum atomic E-state index is 12.4. The topological polar surface area (TPSA) is 55.8 Å². The zero-order valence-electron chi connectivity index (χ0n) is 14.6. The van der Waals surface area contributed by atoms with Gasteiger partial charge in [-0.3, -0.25) is 9.59 Å². The maximum Gasteiger partial charge on any atom is 0.316 e. The molecule has 5 nitrogen and oxygen atoms in total. The van der Waals surface area contributed by atoms with Gasteiger partial charge in [-0.25, -0.2) is 0 Å². The second-order valence-electron chi connectivity index (χ2n) is 6.35. The summed E-state index contributed by atoms with van der Waals surface area (Å²) in [4.78, 5) is 26.3. The van der Waals surface area contributed by atoms with E-state index in [4.69, 9.17) is 9.47 Å². The van der Waals surface area contributed by atoms with Crippen LogP contribution in [0, 0.1) is 19.8 Å². The van der Waals surface area contributed by atoms with E-state index in [1.54, 1.807) is 24.1 Å². The molecule has 0 N–H and O–H groups in total. The lowest BCUT2D eigenvalue weighted by atomic mass is 10.1. The predicted octanol–water partition coefficient (Wildman–Crippen LogP) is 3.27. The van der Waals surface area contributed by atoms with E-state index < -0.39 is 5.92 Å². The van der Waals surface area contributed by atoms with Crippen LogP contribution in [0.1, 0.15) is 17.5 Å². The van der Waals surface area contributed by atoms with Crippen LogP contribution in [0.15, 0.2) is 42.5 Å². The van der Waals surface area contributed by atoms with Crippen molar-refractivity contribution in [2.24, 2.45) is 5.92 Å². The lowest BCUT2D eigenvalue weighted by Gasteiger charge is -2.17. The van der Waals surface area contributed by atoms with Crippen molar-refractivity contribution in [3.05, 3.63) is 53.6 Å². The Morgan fingerprint density at radius 1 is 1.04 bits per heavy atom. The van der Waals surface area contributed by atoms with Crippen LogP contribution >= 0.6 is 0 Å². The number of benzene rings is 2. The smallest absolute Gasteiger partial charge is 0.316 e. The molecule has 25 heavy (non-hydrogen) atoms. The summed E-state index contributed by atoms with van der Waals surface area (Å²) in [7, 11) is 1.59. The van der Waals surface area contributed by atoms with E-state index in [0.29, 0.717) is 12.3 Å². The number of carbonyl (C=O) groups excluding carboxylic acids is 2. The van der Waals surface area contributed by atoms with E-state index >= 15 is 0 Å². The Bertz CT molecular complexity index is 778. The number of nitrogens with zero attached hydrogens (tertiary/aromatic N) is 1. The van der Waals surface area contributed by atoms with Gasteiger partial charge in [-0.05, 0) is 61.4 Å². The number of aryl methyl sites for hydroxylation is 2. The highest BCUT2D eigenvalue weighted by molar-refractivity contribution is 5.99. The molecule has 1 aliphatic rings. The highest BCUT2D eigenvalue weighted by Gasteiger charge is 2.36. The largest absolute Gasteiger partial charge is 0.497 e. The molecule has 1 amide bonds. The zero-order valence-corrected chi connectivity index (χ0v) is 14.6. The fourth-order valence-electron chi connectivity index (χ4n) is 3.07. The average molecular weight is 339 g/mol. The van der Waals surface area contributed by atoms with Crippen molar-refractivity contribution in [1.82, 2.24) is 0 Å². The van der Waals surface area contributed by atoms with Gasteiger partial charge in [0.1, 0.15) is 11.5 Å². The van der Waals surface area contributed by atoms with Gasteiger partial charge in [-0.1, -0.05) is 6.07 Å². The first-order chi connectivity index (χ1) is 12.0. The van der Waals surface area contributed by atoms with Crippen molar-refractivity contribution in [2.75, 3.05) is 18.6 Å². The molecule has 130 valence electrons. The van der Waals surface area contributed by atoms with Crippen LogP contribution in [0.2, 0.25) is 0 Å². The Morgan fingerprint density at radius 2 is 1.68 bits per heavy atom. The van der Waals surface area contributed by atoms with E-state index in [1.807, 2.05) is 44.2 Å². The molecule has 1 atom stereocenters. The number of hydrogen-bond acceptors (Lipinski definition) is 4. The Morgan fingerprint density at radius 3 is 2.28 bits per heavy atom. The Balaban J connectivity index is 1.69. The van der Waals surface area contributed by atoms with Gasteiger partial charge in [0.15, 0.2) is 0 Å². The minimum Gasteiger partial charge on any atom is -0.497 e. The third-order valence-corrected chi connectivity index (χ3v) is 4.26. The van der Waals surface area contributed by atoms with Crippen LogP contribution in [0.4, 0.5) is 5.69 Å². The molecule has 0 aliphatic carbocycles. The van der Waals surface area contributed by atoms with Gasteiger partial charge in [0.05, 0.1) is 13.0 Å². The highest BCUT2D eigenvalue weighted by atomic mass is 16.5. The number of ether oxygens (including phenoxy) is 2. The summed E-state index contributed by atoms with van der Waals surface area (Å²) in [5.74, 6) is 0.344. The number of anilines is 1. The monoisotopic (exact) mass is 339 g/mol. The van der Waals surface area contributed by atoms with Crippen molar-refractivity contribution in [2.45, 2.75) is 20.3 Å². The summed E-state index contributed by atoms with van der Waals surface area (Å²) >= 11 is 0. The lowest BCUT2D eigenvalue weighted by Crippen LogP contribution is -2.27. The first kappa shape index (κ1) is 17.0. The van der Waals surface area contributed by atoms with Crippen molar-refractivity contribution >= 4 is 17.6 Å². The summed E-state index contributed by atoms with van der Waals surface area (Å²) in [6, 6.07) is 12.9. The van der Waals surface area contributed by atoms with Crippen molar-refractivity contribution in [3.63, 3.8) is 0 Å². The molecule has 1 saturated heterocycles.